The first-order chi connectivity index (χ1) is 9.61. The molecule has 0 bridgehead atoms. The third kappa shape index (κ3) is 3.01. The maximum Gasteiger partial charge on any atom is 0.328 e. The van der Waals surface area contributed by atoms with Gasteiger partial charge in [-0.2, -0.15) is 0 Å². The average molecular weight is 275 g/mol. The number of carbonyl (C=O) groups excluding carboxylic acids is 1. The van der Waals surface area contributed by atoms with Crippen LogP contribution in [0.15, 0.2) is 36.5 Å². The highest BCUT2D eigenvalue weighted by Gasteiger charge is 2.18. The number of hydrogen-bond donors (Lipinski definition) is 4. The summed E-state index contributed by atoms with van der Waals surface area (Å²) >= 11 is 0. The van der Waals surface area contributed by atoms with E-state index < -0.39 is 24.6 Å². The van der Waals surface area contributed by atoms with Gasteiger partial charge in [0.25, 0.3) is 0 Å². The van der Waals surface area contributed by atoms with E-state index >= 15 is 0 Å². The number of carboxylic acids is 1. The fraction of sp³-hybridized carbons (Fsp3) is 0.154. The summed E-state index contributed by atoms with van der Waals surface area (Å²) in [6.07, 6.45) is 1.60. The van der Waals surface area contributed by atoms with E-state index in [4.69, 9.17) is 10.2 Å². The van der Waals surface area contributed by atoms with Crippen LogP contribution in [0.25, 0.3) is 10.9 Å². The number of para-hydroxylation sites is 1. The normalized spacial score (nSPS) is 11.8. The number of anilines is 1. The molecule has 0 fully saturated rings. The number of nitrogens with one attached hydrogen (secondary N) is 2. The van der Waals surface area contributed by atoms with E-state index in [9.17, 15) is 9.59 Å². The number of benzene rings is 1. The summed E-state index contributed by atoms with van der Waals surface area (Å²) in [6.45, 7) is -0.684. The molecule has 2 amide bonds. The molecule has 2 aromatic rings. The quantitative estimate of drug-likeness (QED) is 0.659. The Morgan fingerprint density at radius 1 is 1.25 bits per heavy atom. The van der Waals surface area contributed by atoms with Crippen molar-refractivity contribution < 1.29 is 19.8 Å². The molecular formula is C13H13N3O4. The Hall–Kier alpha value is -2.67. The number of carbonyl (C=O) groups is 2. The monoisotopic (exact) mass is 275 g/mol. The van der Waals surface area contributed by atoms with Crippen molar-refractivity contribution in [3.05, 3.63) is 36.5 Å². The number of aliphatic hydroxyl groups excluding tert-OH is 1. The first-order valence-corrected chi connectivity index (χ1v) is 5.86. The number of amides is 2. The predicted octanol–water partition coefficient (Wildman–Crippen LogP) is 0.802. The Labute approximate surface area is 114 Å². The number of urea groups is 1. The zero-order valence-electron chi connectivity index (χ0n) is 10.4. The average Bonchev–Trinajstić information content (AvgIpc) is 2.45. The lowest BCUT2D eigenvalue weighted by molar-refractivity contribution is -0.140. The number of pyridine rings is 1. The van der Waals surface area contributed by atoms with Crippen molar-refractivity contribution in [2.75, 3.05) is 11.9 Å². The van der Waals surface area contributed by atoms with E-state index in [0.717, 1.165) is 5.39 Å². The summed E-state index contributed by atoms with van der Waals surface area (Å²) < 4.78 is 0. The van der Waals surface area contributed by atoms with Crippen LogP contribution < -0.4 is 10.6 Å². The Morgan fingerprint density at radius 2 is 2.00 bits per heavy atom. The first kappa shape index (κ1) is 13.8. The molecule has 7 nitrogen and oxygen atoms in total. The Kier molecular flexibility index (Phi) is 4.11. The van der Waals surface area contributed by atoms with Crippen LogP contribution >= 0.6 is 0 Å². The second kappa shape index (κ2) is 5.98. The zero-order valence-corrected chi connectivity index (χ0v) is 10.4. The molecule has 0 saturated heterocycles. The number of aliphatic hydroxyl groups is 1. The number of aromatic nitrogens is 1. The van der Waals surface area contributed by atoms with Crippen LogP contribution in [0, 0.1) is 0 Å². The van der Waals surface area contributed by atoms with Crippen LogP contribution in [-0.4, -0.2) is 39.8 Å². The lowest BCUT2D eigenvalue weighted by Crippen LogP contribution is -2.45. The fourth-order valence-electron chi connectivity index (χ4n) is 1.71. The van der Waals surface area contributed by atoms with Crippen LogP contribution in [0.5, 0.6) is 0 Å². The van der Waals surface area contributed by atoms with Crippen molar-refractivity contribution >= 4 is 28.6 Å². The molecule has 104 valence electrons. The second-order valence-corrected chi connectivity index (χ2v) is 4.05. The first-order valence-electron chi connectivity index (χ1n) is 5.86. The number of hydrogen-bond acceptors (Lipinski definition) is 4. The van der Waals surface area contributed by atoms with Crippen molar-refractivity contribution in [1.29, 1.82) is 0 Å². The highest BCUT2D eigenvalue weighted by atomic mass is 16.4. The molecule has 20 heavy (non-hydrogen) atoms. The molecule has 7 heteroatoms. The van der Waals surface area contributed by atoms with Gasteiger partial charge in [-0.1, -0.05) is 18.2 Å². The van der Waals surface area contributed by atoms with E-state index in [-0.39, 0.29) is 0 Å². The van der Waals surface area contributed by atoms with Crippen LogP contribution in [0.3, 0.4) is 0 Å². The summed E-state index contributed by atoms with van der Waals surface area (Å²) in [5.74, 6) is -1.31. The van der Waals surface area contributed by atoms with Gasteiger partial charge >= 0.3 is 12.0 Å². The molecule has 0 saturated carbocycles. The molecule has 1 heterocycles. The Bertz CT molecular complexity index is 639. The molecule has 1 atom stereocenters. The van der Waals surface area contributed by atoms with Crippen LogP contribution in [0.1, 0.15) is 0 Å². The topological polar surface area (TPSA) is 112 Å². The fourth-order valence-corrected chi connectivity index (χ4v) is 1.71. The molecule has 0 spiro atoms. The molecule has 4 N–H and O–H groups in total. The number of nitrogens with zero attached hydrogens (tertiary/aromatic N) is 1. The third-order valence-electron chi connectivity index (χ3n) is 2.67. The predicted molar refractivity (Wildman–Crippen MR) is 72.4 cm³/mol. The van der Waals surface area contributed by atoms with Gasteiger partial charge in [0.05, 0.1) is 17.8 Å². The molecule has 0 radical (unpaired) electrons. The number of carboxylic acid groups (broad SMARTS) is 1. The van der Waals surface area contributed by atoms with Gasteiger partial charge in [0.2, 0.25) is 0 Å². The van der Waals surface area contributed by atoms with E-state index in [0.29, 0.717) is 11.2 Å². The largest absolute Gasteiger partial charge is 0.480 e. The summed E-state index contributed by atoms with van der Waals surface area (Å²) in [4.78, 5) is 26.6. The van der Waals surface area contributed by atoms with Crippen LogP contribution in [-0.2, 0) is 4.79 Å². The van der Waals surface area contributed by atoms with Crippen molar-refractivity contribution in [3.8, 4) is 0 Å². The van der Waals surface area contributed by atoms with Gasteiger partial charge in [0, 0.05) is 11.6 Å². The van der Waals surface area contributed by atoms with Gasteiger partial charge in [-0.05, 0) is 12.1 Å². The van der Waals surface area contributed by atoms with Crippen LogP contribution in [0.4, 0.5) is 10.5 Å². The minimum absolute atomic E-state index is 0.461. The maximum atomic E-state index is 11.7. The van der Waals surface area contributed by atoms with Gasteiger partial charge in [-0.25, -0.2) is 9.59 Å². The van der Waals surface area contributed by atoms with E-state index in [1.807, 2.05) is 12.1 Å². The number of rotatable bonds is 4. The standard InChI is InChI=1S/C13H13N3O4/c17-7-10(12(18)19)16-13(20)15-9-5-1-3-8-4-2-6-14-11(8)9/h1-6,10,17H,7H2,(H,18,19)(H2,15,16,20)/t10-/m1/s1. The molecule has 0 aliphatic rings. The summed E-state index contributed by atoms with van der Waals surface area (Å²) in [5.41, 5.74) is 1.06. The lowest BCUT2D eigenvalue weighted by atomic mass is 10.2. The van der Waals surface area contributed by atoms with Crippen molar-refractivity contribution in [2.24, 2.45) is 0 Å². The zero-order chi connectivity index (χ0) is 14.5. The Morgan fingerprint density at radius 3 is 2.70 bits per heavy atom. The van der Waals surface area contributed by atoms with E-state index in [2.05, 4.69) is 15.6 Å². The molecule has 0 aliphatic carbocycles. The smallest absolute Gasteiger partial charge is 0.328 e. The van der Waals surface area contributed by atoms with Crippen molar-refractivity contribution in [2.45, 2.75) is 6.04 Å². The van der Waals surface area contributed by atoms with E-state index in [1.165, 1.54) is 0 Å². The van der Waals surface area contributed by atoms with E-state index in [1.54, 1.807) is 24.4 Å². The molecule has 0 aliphatic heterocycles. The van der Waals surface area contributed by atoms with Crippen molar-refractivity contribution in [3.63, 3.8) is 0 Å². The minimum Gasteiger partial charge on any atom is -0.480 e. The Balaban J connectivity index is 2.16. The summed E-state index contributed by atoms with van der Waals surface area (Å²) in [7, 11) is 0. The molecule has 1 aromatic heterocycles. The minimum atomic E-state index is -1.35. The number of fused-ring (bicyclic) bond motifs is 1. The maximum absolute atomic E-state index is 11.7. The molecular weight excluding hydrogens is 262 g/mol. The van der Waals surface area contributed by atoms with Crippen molar-refractivity contribution in [1.82, 2.24) is 10.3 Å². The molecule has 2 rings (SSSR count). The summed E-state index contributed by atoms with van der Waals surface area (Å²) in [5, 5.41) is 23.1. The van der Waals surface area contributed by atoms with Gasteiger partial charge < -0.3 is 20.8 Å². The van der Waals surface area contributed by atoms with Gasteiger partial charge in [-0.3, -0.25) is 4.98 Å². The highest BCUT2D eigenvalue weighted by molar-refractivity contribution is 6.00. The third-order valence-corrected chi connectivity index (χ3v) is 2.67. The lowest BCUT2D eigenvalue weighted by Gasteiger charge is -2.13. The number of aliphatic carboxylic acids is 1. The van der Waals surface area contributed by atoms with Gasteiger partial charge in [0.15, 0.2) is 6.04 Å². The van der Waals surface area contributed by atoms with Gasteiger partial charge in [-0.15, -0.1) is 0 Å². The SMILES string of the molecule is O=C(Nc1cccc2cccnc12)N[C@H](CO)C(=O)O. The highest BCUT2D eigenvalue weighted by Crippen LogP contribution is 2.20. The molecule has 0 unspecified atom stereocenters. The second-order valence-electron chi connectivity index (χ2n) is 4.05. The molecule has 1 aromatic carbocycles. The van der Waals surface area contributed by atoms with Gasteiger partial charge in [0.1, 0.15) is 0 Å². The van der Waals surface area contributed by atoms with Crippen LogP contribution in [0.2, 0.25) is 0 Å². The summed E-state index contributed by atoms with van der Waals surface area (Å²) in [6, 6.07) is 6.81.